The summed E-state index contributed by atoms with van der Waals surface area (Å²) < 4.78 is 5.40. The van der Waals surface area contributed by atoms with E-state index in [0.717, 1.165) is 55.5 Å². The lowest BCUT2D eigenvalue weighted by atomic mass is 10.1. The van der Waals surface area contributed by atoms with Gasteiger partial charge in [0.15, 0.2) is 0 Å². The smallest absolute Gasteiger partial charge is 0.228 e. The second-order valence-corrected chi connectivity index (χ2v) is 8.59. The van der Waals surface area contributed by atoms with Crippen molar-refractivity contribution in [3.63, 3.8) is 0 Å². The van der Waals surface area contributed by atoms with E-state index in [1.807, 2.05) is 12.1 Å². The summed E-state index contributed by atoms with van der Waals surface area (Å²) >= 11 is 6.58. The largest absolute Gasteiger partial charge is 0.389 e. The summed E-state index contributed by atoms with van der Waals surface area (Å²) in [5.74, 6) is 0.788. The number of carbonyl (C=O) groups is 1. The van der Waals surface area contributed by atoms with Gasteiger partial charge in [0.25, 0.3) is 0 Å². The second-order valence-electron chi connectivity index (χ2n) is 8.18. The van der Waals surface area contributed by atoms with Crippen molar-refractivity contribution >= 4 is 39.8 Å². The molecule has 8 heteroatoms. The Balaban J connectivity index is 1.32. The number of piperazine rings is 1. The second kappa shape index (κ2) is 7.72. The fourth-order valence-corrected chi connectivity index (χ4v) is 4.50. The minimum Gasteiger partial charge on any atom is -0.389 e. The van der Waals surface area contributed by atoms with Gasteiger partial charge < -0.3 is 20.1 Å². The number of pyridine rings is 1. The monoisotopic (exact) mass is 416 g/mol. The van der Waals surface area contributed by atoms with Gasteiger partial charge >= 0.3 is 0 Å². The Labute approximate surface area is 174 Å². The highest BCUT2D eigenvalue weighted by molar-refractivity contribution is 6.34. The molecule has 1 amide bonds. The normalized spacial score (nSPS) is 25.5. The number of carbonyl (C=O) groups excluding carboxylic acids is 1. The summed E-state index contributed by atoms with van der Waals surface area (Å²) in [5, 5.41) is 15.6. The standard InChI is InChI=1S/C21H25ClN4O3/c22-16-7-15-10-23-20(24-21(28)13-1-2-13)9-14(15)8-17(16)25-3-5-26(6-4-25)18-11-29-12-19(18)27/h7-10,13,18-19,27H,1-6,11-12H2,(H,23,24,28)/t18-,19+/m0/s1. The molecule has 2 saturated heterocycles. The number of amides is 1. The topological polar surface area (TPSA) is 77.9 Å². The molecule has 29 heavy (non-hydrogen) atoms. The molecule has 3 heterocycles. The van der Waals surface area contributed by atoms with Gasteiger partial charge in [-0.25, -0.2) is 4.98 Å². The number of nitrogens with one attached hydrogen (secondary N) is 1. The fraction of sp³-hybridized carbons (Fsp3) is 0.524. The molecule has 1 aromatic heterocycles. The molecule has 2 N–H and O–H groups in total. The first-order valence-corrected chi connectivity index (χ1v) is 10.6. The van der Waals surface area contributed by atoms with E-state index in [9.17, 15) is 9.90 Å². The third-order valence-corrected chi connectivity index (χ3v) is 6.43. The molecule has 5 rings (SSSR count). The molecule has 2 aliphatic heterocycles. The van der Waals surface area contributed by atoms with Crippen molar-refractivity contribution in [1.82, 2.24) is 9.88 Å². The van der Waals surface area contributed by atoms with Gasteiger partial charge in [-0.2, -0.15) is 0 Å². The average Bonchev–Trinajstić information content (AvgIpc) is 3.49. The van der Waals surface area contributed by atoms with Crippen LogP contribution in [0.25, 0.3) is 10.8 Å². The first-order valence-electron chi connectivity index (χ1n) is 10.2. The van der Waals surface area contributed by atoms with Crippen LogP contribution in [-0.4, -0.2) is 72.4 Å². The molecule has 1 aliphatic carbocycles. The van der Waals surface area contributed by atoms with Crippen molar-refractivity contribution in [1.29, 1.82) is 0 Å². The van der Waals surface area contributed by atoms with Gasteiger partial charge in [-0.05, 0) is 36.4 Å². The van der Waals surface area contributed by atoms with E-state index in [0.29, 0.717) is 24.1 Å². The van der Waals surface area contributed by atoms with Crippen LogP contribution in [0.2, 0.25) is 5.02 Å². The minimum absolute atomic E-state index is 0.0558. The Morgan fingerprint density at radius 2 is 1.93 bits per heavy atom. The highest BCUT2D eigenvalue weighted by Gasteiger charge is 2.34. The number of aliphatic hydroxyl groups is 1. The van der Waals surface area contributed by atoms with Gasteiger partial charge in [0.05, 0.1) is 36.1 Å². The maximum Gasteiger partial charge on any atom is 0.228 e. The zero-order chi connectivity index (χ0) is 20.0. The van der Waals surface area contributed by atoms with E-state index in [2.05, 4.69) is 26.2 Å². The van der Waals surface area contributed by atoms with Gasteiger partial charge in [0.2, 0.25) is 5.91 Å². The van der Waals surface area contributed by atoms with Crippen molar-refractivity contribution in [3.05, 3.63) is 29.4 Å². The van der Waals surface area contributed by atoms with Crippen molar-refractivity contribution in [2.24, 2.45) is 5.92 Å². The predicted octanol–water partition coefficient (Wildman–Crippen LogP) is 2.12. The molecule has 154 valence electrons. The van der Waals surface area contributed by atoms with Crippen LogP contribution in [0, 0.1) is 5.92 Å². The molecule has 3 aliphatic rings. The highest BCUT2D eigenvalue weighted by Crippen LogP contribution is 2.34. The van der Waals surface area contributed by atoms with Crippen molar-refractivity contribution in [2.75, 3.05) is 49.6 Å². The van der Waals surface area contributed by atoms with E-state index in [1.54, 1.807) is 6.20 Å². The Bertz CT molecular complexity index is 928. The molecule has 0 radical (unpaired) electrons. The third-order valence-electron chi connectivity index (χ3n) is 6.13. The fourth-order valence-electron chi connectivity index (χ4n) is 4.21. The molecular weight excluding hydrogens is 392 g/mol. The lowest BCUT2D eigenvalue weighted by molar-refractivity contribution is -0.117. The number of fused-ring (bicyclic) bond motifs is 1. The zero-order valence-corrected chi connectivity index (χ0v) is 16.9. The van der Waals surface area contributed by atoms with Crippen LogP contribution < -0.4 is 10.2 Å². The number of aromatic nitrogens is 1. The molecular formula is C21H25ClN4O3. The van der Waals surface area contributed by atoms with Crippen LogP contribution >= 0.6 is 11.6 Å². The Hall–Kier alpha value is -1.93. The number of benzene rings is 1. The number of anilines is 2. The molecule has 1 saturated carbocycles. The van der Waals surface area contributed by atoms with Gasteiger partial charge in [0.1, 0.15) is 5.82 Å². The quantitative estimate of drug-likeness (QED) is 0.795. The summed E-state index contributed by atoms with van der Waals surface area (Å²) in [4.78, 5) is 21.0. The molecule has 2 aromatic rings. The first-order chi connectivity index (χ1) is 14.1. The van der Waals surface area contributed by atoms with Crippen LogP contribution in [0.3, 0.4) is 0 Å². The Morgan fingerprint density at radius 3 is 2.62 bits per heavy atom. The number of nitrogens with zero attached hydrogens (tertiary/aromatic N) is 3. The number of hydrogen-bond donors (Lipinski definition) is 2. The maximum absolute atomic E-state index is 12.0. The van der Waals surface area contributed by atoms with Crippen LogP contribution in [0.5, 0.6) is 0 Å². The molecule has 0 unspecified atom stereocenters. The molecule has 0 spiro atoms. The molecule has 3 fully saturated rings. The summed E-state index contributed by atoms with van der Waals surface area (Å²) in [7, 11) is 0. The van der Waals surface area contributed by atoms with Gasteiger partial charge in [-0.3, -0.25) is 9.69 Å². The number of ether oxygens (including phenoxy) is 1. The van der Waals surface area contributed by atoms with Gasteiger partial charge in [0, 0.05) is 43.7 Å². The lowest BCUT2D eigenvalue weighted by Crippen LogP contribution is -2.53. The van der Waals surface area contributed by atoms with Gasteiger partial charge in [-0.1, -0.05) is 11.6 Å². The van der Waals surface area contributed by atoms with E-state index in [4.69, 9.17) is 16.3 Å². The lowest BCUT2D eigenvalue weighted by Gasteiger charge is -2.39. The summed E-state index contributed by atoms with van der Waals surface area (Å²) in [6, 6.07) is 6.02. The Kier molecular flexibility index (Phi) is 5.07. The van der Waals surface area contributed by atoms with Crippen LogP contribution in [0.4, 0.5) is 11.5 Å². The third kappa shape index (κ3) is 3.92. The van der Waals surface area contributed by atoms with E-state index >= 15 is 0 Å². The van der Waals surface area contributed by atoms with Crippen LogP contribution in [0.15, 0.2) is 24.4 Å². The molecule has 1 aromatic carbocycles. The first kappa shape index (κ1) is 19.1. The van der Waals surface area contributed by atoms with Crippen molar-refractivity contribution < 1.29 is 14.6 Å². The Morgan fingerprint density at radius 1 is 1.14 bits per heavy atom. The van der Waals surface area contributed by atoms with Crippen LogP contribution in [0.1, 0.15) is 12.8 Å². The number of aliphatic hydroxyl groups excluding tert-OH is 1. The summed E-state index contributed by atoms with van der Waals surface area (Å²) in [6.45, 7) is 4.42. The van der Waals surface area contributed by atoms with Crippen molar-refractivity contribution in [2.45, 2.75) is 25.0 Å². The maximum atomic E-state index is 12.0. The predicted molar refractivity (Wildman–Crippen MR) is 113 cm³/mol. The molecule has 0 bridgehead atoms. The van der Waals surface area contributed by atoms with E-state index in [-0.39, 0.29) is 17.9 Å². The molecule has 7 nitrogen and oxygen atoms in total. The summed E-state index contributed by atoms with van der Waals surface area (Å²) in [6.07, 6.45) is 3.29. The van der Waals surface area contributed by atoms with Gasteiger partial charge in [-0.15, -0.1) is 0 Å². The number of halogens is 1. The highest BCUT2D eigenvalue weighted by atomic mass is 35.5. The SMILES string of the molecule is O=C(Nc1cc2cc(N3CCN([C@H]4COC[C@H]4O)CC3)c(Cl)cc2cn1)C1CC1. The number of rotatable bonds is 4. The molecule has 2 atom stereocenters. The van der Waals surface area contributed by atoms with E-state index < -0.39 is 6.10 Å². The number of hydrogen-bond acceptors (Lipinski definition) is 6. The van der Waals surface area contributed by atoms with Crippen LogP contribution in [-0.2, 0) is 9.53 Å². The average molecular weight is 417 g/mol. The van der Waals surface area contributed by atoms with E-state index in [1.165, 1.54) is 0 Å². The minimum atomic E-state index is -0.400. The summed E-state index contributed by atoms with van der Waals surface area (Å²) in [5.41, 5.74) is 0.993. The van der Waals surface area contributed by atoms with Crippen molar-refractivity contribution in [3.8, 4) is 0 Å². The zero-order valence-electron chi connectivity index (χ0n) is 16.2.